The van der Waals surface area contributed by atoms with Gasteiger partial charge in [-0.3, -0.25) is 0 Å². The van der Waals surface area contributed by atoms with Gasteiger partial charge in [0.15, 0.2) is 34.5 Å². The van der Waals surface area contributed by atoms with E-state index in [1.54, 1.807) is 36.4 Å². The molecule has 0 aliphatic carbocycles. The number of hydrogen-bond acceptors (Lipinski definition) is 6. The summed E-state index contributed by atoms with van der Waals surface area (Å²) in [4.78, 5) is 0. The van der Waals surface area contributed by atoms with Crippen LogP contribution in [0.1, 0.15) is 0 Å². The van der Waals surface area contributed by atoms with Gasteiger partial charge < -0.3 is 63.5 Å². The fraction of sp³-hybridized carbons (Fsp3) is 0. The molecule has 0 aliphatic rings. The minimum Gasteiger partial charge on any atom is -0.504 e. The van der Waals surface area contributed by atoms with Gasteiger partial charge in [0, 0.05) is 90.8 Å². The molecule has 57 heavy (non-hydrogen) atoms. The largest absolute Gasteiger partial charge is 0.504 e. The summed E-state index contributed by atoms with van der Waals surface area (Å²) in [5.41, 5.74) is 0. The van der Waals surface area contributed by atoms with Crippen molar-refractivity contribution in [2.24, 2.45) is 0 Å². The second kappa shape index (κ2) is 17.6. The smallest absolute Gasteiger partial charge is 0.166 e. The van der Waals surface area contributed by atoms with Crippen molar-refractivity contribution in [3.63, 3.8) is 0 Å². The second-order valence-corrected chi connectivity index (χ2v) is 12.7. The van der Waals surface area contributed by atoms with Crippen LogP contribution < -0.4 is 0 Å². The predicted molar refractivity (Wildman–Crippen MR) is 223 cm³/mol. The Hall–Kier alpha value is -5.03. The normalized spacial score (nSPS) is 10.3. The van der Waals surface area contributed by atoms with Crippen LogP contribution in [0, 0.1) is 0 Å². The van der Waals surface area contributed by atoms with Crippen LogP contribution in [0.5, 0.6) is 34.5 Å². The van der Waals surface area contributed by atoms with E-state index in [0.29, 0.717) is 32.3 Å². The van der Waals surface area contributed by atoms with Gasteiger partial charge in [0.05, 0.1) is 0 Å². The van der Waals surface area contributed by atoms with E-state index in [1.165, 1.54) is 0 Å². The number of benzene rings is 9. The number of phenols is 6. The third-order valence-electron chi connectivity index (χ3n) is 10.2. The van der Waals surface area contributed by atoms with E-state index in [4.69, 9.17) is 0 Å². The molecule has 12 bridgehead atoms. The van der Waals surface area contributed by atoms with Gasteiger partial charge >= 0.3 is 0 Å². The van der Waals surface area contributed by atoms with E-state index in [-0.39, 0.29) is 126 Å². The van der Waals surface area contributed by atoms with Crippen LogP contribution >= 0.6 is 0 Å². The molecule has 24 N–H and O–H groups in total. The number of phenolic OH excluding ortho intramolecular Hbond substituents is 6. The average Bonchev–Trinajstić information content (AvgIpc) is 3.13. The second-order valence-electron chi connectivity index (χ2n) is 12.7. The Morgan fingerprint density at radius 2 is 0.316 bits per heavy atom. The molecule has 0 fully saturated rings. The maximum absolute atomic E-state index is 11.0. The Bertz CT molecular complexity index is 2610. The monoisotopic (exact) mass is 930 g/mol. The van der Waals surface area contributed by atoms with Crippen molar-refractivity contribution in [2.45, 2.75) is 0 Å². The van der Waals surface area contributed by atoms with Gasteiger partial charge in [-0.25, -0.2) is 0 Å². The summed E-state index contributed by atoms with van der Waals surface area (Å²) in [6.07, 6.45) is 0. The van der Waals surface area contributed by atoms with Crippen molar-refractivity contribution >= 4 is 97.0 Å². The summed E-state index contributed by atoms with van der Waals surface area (Å²) in [5, 5.41) is 79.0. The summed E-state index contributed by atoms with van der Waals surface area (Å²) in [6.45, 7) is 0. The fourth-order valence-electron chi connectivity index (χ4n) is 7.68. The van der Waals surface area contributed by atoms with Crippen LogP contribution in [0.3, 0.4) is 0 Å². The predicted octanol–water partition coefficient (Wildman–Crippen LogP) is 4.76. The van der Waals surface area contributed by atoms with Crippen LogP contribution in [-0.2, 0) is 91.3 Å². The summed E-state index contributed by atoms with van der Waals surface area (Å²) in [7, 11) is 0. The first-order valence-electron chi connectivity index (χ1n) is 15.5. The maximum Gasteiger partial charge on any atom is 0.166 e. The third kappa shape index (κ3) is 6.91. The Kier molecular flexibility index (Phi) is 15.5. The molecule has 0 aliphatic heterocycles. The van der Waals surface area contributed by atoms with E-state index in [0.717, 1.165) is 64.6 Å². The minimum absolute atomic E-state index is 0. The number of aromatic hydroxyl groups is 6. The topological polar surface area (TPSA) is 319 Å². The molecule has 0 saturated heterocycles. The molecule has 10 aromatic carbocycles. The van der Waals surface area contributed by atoms with Crippen molar-refractivity contribution in [1.29, 1.82) is 0 Å². The van der Waals surface area contributed by atoms with Crippen LogP contribution in [0.4, 0.5) is 0 Å². The molecule has 10 rings (SSSR count). The van der Waals surface area contributed by atoms with Crippen molar-refractivity contribution < 1.29 is 122 Å². The molecule has 0 spiro atoms. The standard InChI is InChI=1S/C42H24O6.6H2O.3Zn/c43-37-25-7-1-19-13-31(25)33-15-21(3-9-27(33)38(37)44)23-5-11-29-35(17-23)36-18-24(6-12-30(36)42(48)41(29)47)22-4-10-28-34(16-22)32-14-20(19)2-8-26(32)39(45)40(28)46;;;;;;;;;/h1-18,43-48H;6*1H2;;;/p+6. The van der Waals surface area contributed by atoms with Gasteiger partial charge in [-0.2, -0.15) is 0 Å². The zero-order chi connectivity index (χ0) is 32.6. The number of rotatable bonds is 0. The van der Waals surface area contributed by atoms with E-state index in [1.807, 2.05) is 72.8 Å². The Morgan fingerprint density at radius 3 is 0.439 bits per heavy atom. The Morgan fingerprint density at radius 1 is 0.193 bits per heavy atom. The van der Waals surface area contributed by atoms with E-state index >= 15 is 0 Å². The SMILES string of the molecule is Oc1c(O)c2ccc3cc2c2cc(ccc12)c1ccc2c(O)c(O)c4ccc(cc4c2c1)c1ccc2c(O)c(O)c4ccc3cc4c2c1.[OH3+].[OH3+].[OH3+].[OH3+].[OH3+].[OH3+].[Zn].[Zn].[Zn]. The molecule has 15 heteroatoms. The number of hydrogen-bond donors (Lipinski definition) is 6. The average molecular weight is 935 g/mol. The van der Waals surface area contributed by atoms with Gasteiger partial charge in [0.1, 0.15) is 0 Å². The molecule has 0 saturated carbocycles. The first kappa shape index (κ1) is 50.0. The summed E-state index contributed by atoms with van der Waals surface area (Å²) >= 11 is 0. The van der Waals surface area contributed by atoms with Crippen molar-refractivity contribution in [3.05, 3.63) is 109 Å². The van der Waals surface area contributed by atoms with Crippen molar-refractivity contribution in [3.8, 4) is 34.5 Å². The van der Waals surface area contributed by atoms with Gasteiger partial charge in [0.2, 0.25) is 0 Å². The molecule has 0 amide bonds. The van der Waals surface area contributed by atoms with Crippen LogP contribution in [-0.4, -0.2) is 30.6 Å². The Balaban J connectivity index is 0.00000180. The molecule has 0 unspecified atom stereocenters. The summed E-state index contributed by atoms with van der Waals surface area (Å²) in [5.74, 6) is -1.17. The molecule has 0 radical (unpaired) electrons. The fourth-order valence-corrected chi connectivity index (χ4v) is 7.68. The zero-order valence-corrected chi connectivity index (χ0v) is 39.6. The maximum atomic E-state index is 11.0. The molecule has 12 nitrogen and oxygen atoms in total. The molecule has 0 atom stereocenters. The van der Waals surface area contributed by atoms with Gasteiger partial charge in [-0.1, -0.05) is 36.4 Å². The molecule has 10 aromatic rings. The van der Waals surface area contributed by atoms with E-state index in [2.05, 4.69) is 0 Å². The molecule has 0 heterocycles. The van der Waals surface area contributed by atoms with Gasteiger partial charge in [-0.15, -0.1) is 0 Å². The Labute approximate surface area is 360 Å². The molecule has 282 valence electrons. The summed E-state index contributed by atoms with van der Waals surface area (Å²) < 4.78 is 0. The van der Waals surface area contributed by atoms with Crippen LogP contribution in [0.15, 0.2) is 109 Å². The first-order valence-corrected chi connectivity index (χ1v) is 15.5. The van der Waals surface area contributed by atoms with Gasteiger partial charge in [0.25, 0.3) is 0 Å². The first-order chi connectivity index (χ1) is 23.3. The zero-order valence-electron chi connectivity index (χ0n) is 30.7. The third-order valence-corrected chi connectivity index (χ3v) is 10.2. The molecule has 0 aromatic heterocycles. The number of fused-ring (bicyclic) bond motifs is 9. The minimum atomic E-state index is -0.195. The van der Waals surface area contributed by atoms with E-state index < -0.39 is 0 Å². The van der Waals surface area contributed by atoms with Crippen molar-refractivity contribution in [2.75, 3.05) is 0 Å². The quantitative estimate of drug-likeness (QED) is 0.0538. The van der Waals surface area contributed by atoms with Crippen molar-refractivity contribution in [1.82, 2.24) is 0 Å². The van der Waals surface area contributed by atoms with Gasteiger partial charge in [-0.05, 0) is 137 Å². The molecular weight excluding hydrogens is 893 g/mol. The molecular formula is C42H42O12Zn3+6. The van der Waals surface area contributed by atoms with Crippen LogP contribution in [0.2, 0.25) is 0 Å². The summed E-state index contributed by atoms with van der Waals surface area (Å²) in [6, 6.07) is 34.1. The van der Waals surface area contributed by atoms with E-state index in [9.17, 15) is 30.6 Å². The van der Waals surface area contributed by atoms with Crippen LogP contribution in [0.25, 0.3) is 97.0 Å².